The molecule has 1 aliphatic rings. The predicted octanol–water partition coefficient (Wildman–Crippen LogP) is 1.65. The largest absolute Gasteiger partial charge is 0.388 e. The topological polar surface area (TPSA) is 87.5 Å². The van der Waals surface area contributed by atoms with E-state index in [9.17, 15) is 14.7 Å². The van der Waals surface area contributed by atoms with Gasteiger partial charge < -0.3 is 15.3 Å². The molecule has 7 nitrogen and oxygen atoms in total. The van der Waals surface area contributed by atoms with Gasteiger partial charge in [0.05, 0.1) is 22.4 Å². The molecule has 1 aromatic carbocycles. The number of aliphatic hydroxyl groups is 1. The number of halogens is 1. The molecule has 2 aromatic rings. The van der Waals surface area contributed by atoms with Gasteiger partial charge in [-0.3, -0.25) is 14.3 Å². The molecular formula is C19H23ClN4O3S. The number of aliphatic hydroxyl groups excluding tert-OH is 1. The van der Waals surface area contributed by atoms with E-state index < -0.39 is 11.6 Å². The van der Waals surface area contributed by atoms with Crippen LogP contribution in [0, 0.1) is 0 Å². The van der Waals surface area contributed by atoms with Gasteiger partial charge in [-0.2, -0.15) is 16.9 Å². The first-order chi connectivity index (χ1) is 13.4. The van der Waals surface area contributed by atoms with Crippen LogP contribution in [0.15, 0.2) is 36.5 Å². The van der Waals surface area contributed by atoms with Gasteiger partial charge >= 0.3 is 0 Å². The van der Waals surface area contributed by atoms with Crippen molar-refractivity contribution in [3.05, 3.63) is 52.8 Å². The van der Waals surface area contributed by atoms with Gasteiger partial charge in [0.1, 0.15) is 0 Å². The van der Waals surface area contributed by atoms with Gasteiger partial charge in [-0.1, -0.05) is 41.9 Å². The summed E-state index contributed by atoms with van der Waals surface area (Å²) in [6, 6.07) is 9.39. The van der Waals surface area contributed by atoms with Crippen LogP contribution >= 0.6 is 23.4 Å². The van der Waals surface area contributed by atoms with E-state index in [1.165, 1.54) is 21.3 Å². The Morgan fingerprint density at radius 3 is 2.68 bits per heavy atom. The van der Waals surface area contributed by atoms with E-state index in [2.05, 4.69) is 10.4 Å². The van der Waals surface area contributed by atoms with Gasteiger partial charge in [-0.15, -0.1) is 0 Å². The number of hydrogen-bond donors (Lipinski definition) is 2. The number of aryl methyl sites for hydroxylation is 1. The number of benzene rings is 1. The Morgan fingerprint density at radius 2 is 2.11 bits per heavy atom. The first-order valence-electron chi connectivity index (χ1n) is 8.89. The average Bonchev–Trinajstić information content (AvgIpc) is 3.02. The van der Waals surface area contributed by atoms with Crippen LogP contribution in [0.3, 0.4) is 0 Å². The summed E-state index contributed by atoms with van der Waals surface area (Å²) in [5.41, 5.74) is 0.0357. The van der Waals surface area contributed by atoms with Crippen molar-refractivity contribution in [2.75, 3.05) is 25.1 Å². The third kappa shape index (κ3) is 4.04. The first kappa shape index (κ1) is 20.7. The standard InChI is InChI=1S/C19H23ClN4O3S/c1-23-10-14(20)17(22-23)18(27)24-9-8-19(15(25)11-24,21-16(26)12-28-2)13-6-4-3-5-7-13/h3-7,10,15,25H,8-9,11-12H2,1-2H3,(H,21,26)/t15-,19+/m1/s1. The zero-order chi connectivity index (χ0) is 20.3. The Morgan fingerprint density at radius 1 is 1.39 bits per heavy atom. The molecule has 2 N–H and O–H groups in total. The summed E-state index contributed by atoms with van der Waals surface area (Å²) in [5, 5.41) is 18.5. The second-order valence-corrected chi connectivity index (χ2v) is 8.11. The molecule has 1 aromatic heterocycles. The van der Waals surface area contributed by atoms with Crippen LogP contribution in [0.5, 0.6) is 0 Å². The van der Waals surface area contributed by atoms with Crippen LogP contribution in [-0.4, -0.2) is 62.8 Å². The lowest BCUT2D eigenvalue weighted by molar-refractivity contribution is -0.124. The molecule has 0 bridgehead atoms. The first-order valence-corrected chi connectivity index (χ1v) is 10.7. The lowest BCUT2D eigenvalue weighted by Gasteiger charge is -2.46. The van der Waals surface area contributed by atoms with Crippen LogP contribution in [0.1, 0.15) is 22.5 Å². The summed E-state index contributed by atoms with van der Waals surface area (Å²) in [5.74, 6) is -0.183. The van der Waals surface area contributed by atoms with Gasteiger partial charge in [-0.25, -0.2) is 0 Å². The van der Waals surface area contributed by atoms with Crippen LogP contribution in [0.4, 0.5) is 0 Å². The van der Waals surface area contributed by atoms with Crippen molar-refractivity contribution in [3.8, 4) is 0 Å². The molecule has 2 amide bonds. The molecule has 0 unspecified atom stereocenters. The maximum atomic E-state index is 12.8. The summed E-state index contributed by atoms with van der Waals surface area (Å²) in [7, 11) is 1.69. The quantitative estimate of drug-likeness (QED) is 0.765. The Labute approximate surface area is 173 Å². The van der Waals surface area contributed by atoms with Crippen molar-refractivity contribution >= 4 is 35.2 Å². The van der Waals surface area contributed by atoms with Crippen molar-refractivity contribution in [2.45, 2.75) is 18.1 Å². The molecular weight excluding hydrogens is 400 g/mol. The number of likely N-dealkylation sites (tertiary alicyclic amines) is 1. The van der Waals surface area contributed by atoms with E-state index in [1.54, 1.807) is 13.2 Å². The van der Waals surface area contributed by atoms with Crippen molar-refractivity contribution in [2.24, 2.45) is 7.05 Å². The van der Waals surface area contributed by atoms with Gasteiger partial charge in [0.2, 0.25) is 5.91 Å². The molecule has 2 heterocycles. The molecule has 3 rings (SSSR count). The van der Waals surface area contributed by atoms with E-state index in [0.717, 1.165) is 5.56 Å². The van der Waals surface area contributed by atoms with Crippen LogP contribution < -0.4 is 5.32 Å². The van der Waals surface area contributed by atoms with Crippen molar-refractivity contribution < 1.29 is 14.7 Å². The summed E-state index contributed by atoms with van der Waals surface area (Å²) in [6.07, 6.45) is 2.82. The minimum Gasteiger partial charge on any atom is -0.388 e. The van der Waals surface area contributed by atoms with E-state index in [-0.39, 0.29) is 29.1 Å². The molecule has 2 atom stereocenters. The molecule has 0 radical (unpaired) electrons. The Balaban J connectivity index is 1.85. The second-order valence-electron chi connectivity index (χ2n) is 6.83. The minimum absolute atomic E-state index is 0.0696. The van der Waals surface area contributed by atoms with Crippen molar-refractivity contribution in [1.29, 1.82) is 0 Å². The SMILES string of the molecule is CSCC(=O)N[C@]1(c2ccccc2)CCN(C(=O)c2nn(C)cc2Cl)C[C@H]1O. The number of amides is 2. The Kier molecular flexibility index (Phi) is 6.32. The number of nitrogens with zero attached hydrogens (tertiary/aromatic N) is 3. The number of β-amino-alcohol motifs (C(OH)–C–C–N with tert-alkyl or cyclic N) is 1. The fraction of sp³-hybridized carbons (Fsp3) is 0.421. The van der Waals surface area contributed by atoms with Gasteiger partial charge in [0, 0.05) is 26.3 Å². The van der Waals surface area contributed by atoms with Crippen LogP contribution in [0.2, 0.25) is 5.02 Å². The third-order valence-electron chi connectivity index (χ3n) is 4.94. The lowest BCUT2D eigenvalue weighted by atomic mass is 9.78. The molecule has 1 fully saturated rings. The van der Waals surface area contributed by atoms with Crippen LogP contribution in [0.25, 0.3) is 0 Å². The Hall–Kier alpha value is -2.03. The van der Waals surface area contributed by atoms with E-state index in [1.807, 2.05) is 36.6 Å². The average molecular weight is 423 g/mol. The summed E-state index contributed by atoms with van der Waals surface area (Å²) in [4.78, 5) is 26.7. The highest BCUT2D eigenvalue weighted by Crippen LogP contribution is 2.34. The maximum Gasteiger partial charge on any atom is 0.276 e. The summed E-state index contributed by atoms with van der Waals surface area (Å²) >= 11 is 7.52. The molecule has 9 heteroatoms. The van der Waals surface area contributed by atoms with Gasteiger partial charge in [-0.05, 0) is 18.2 Å². The number of rotatable bonds is 5. The third-order valence-corrected chi connectivity index (χ3v) is 5.77. The molecule has 1 saturated heterocycles. The summed E-state index contributed by atoms with van der Waals surface area (Å²) < 4.78 is 1.48. The lowest BCUT2D eigenvalue weighted by Crippen LogP contribution is -2.63. The fourth-order valence-corrected chi connectivity index (χ4v) is 4.17. The number of piperidine rings is 1. The number of carbonyl (C=O) groups excluding carboxylic acids is 2. The number of nitrogens with one attached hydrogen (secondary N) is 1. The zero-order valence-electron chi connectivity index (χ0n) is 15.8. The second kappa shape index (κ2) is 8.55. The predicted molar refractivity (Wildman–Crippen MR) is 109 cm³/mol. The van der Waals surface area contributed by atoms with Crippen molar-refractivity contribution in [1.82, 2.24) is 20.0 Å². The maximum absolute atomic E-state index is 12.8. The van der Waals surface area contributed by atoms with Crippen molar-refractivity contribution in [3.63, 3.8) is 0 Å². The zero-order valence-corrected chi connectivity index (χ0v) is 17.3. The monoisotopic (exact) mass is 422 g/mol. The van der Waals surface area contributed by atoms with Crippen LogP contribution in [-0.2, 0) is 17.4 Å². The van der Waals surface area contributed by atoms with E-state index in [0.29, 0.717) is 18.7 Å². The fourth-order valence-electron chi connectivity index (χ4n) is 3.58. The molecule has 1 aliphatic heterocycles. The highest BCUT2D eigenvalue weighted by Gasteiger charge is 2.46. The number of aromatic nitrogens is 2. The number of thioether (sulfide) groups is 1. The number of hydrogen-bond acceptors (Lipinski definition) is 5. The van der Waals surface area contributed by atoms with Gasteiger partial charge in [0.25, 0.3) is 5.91 Å². The molecule has 150 valence electrons. The molecule has 0 aliphatic carbocycles. The minimum atomic E-state index is -0.971. The molecule has 28 heavy (non-hydrogen) atoms. The van der Waals surface area contributed by atoms with E-state index >= 15 is 0 Å². The van der Waals surface area contributed by atoms with E-state index in [4.69, 9.17) is 11.6 Å². The normalized spacial score (nSPS) is 22.1. The number of carbonyl (C=O) groups is 2. The smallest absolute Gasteiger partial charge is 0.276 e. The van der Waals surface area contributed by atoms with Gasteiger partial charge in [0.15, 0.2) is 5.69 Å². The highest BCUT2D eigenvalue weighted by molar-refractivity contribution is 7.99. The molecule has 0 spiro atoms. The Bertz CT molecular complexity index is 860. The summed E-state index contributed by atoms with van der Waals surface area (Å²) in [6.45, 7) is 0.428. The highest BCUT2D eigenvalue weighted by atomic mass is 35.5. The molecule has 0 saturated carbocycles.